The quantitative estimate of drug-likeness (QED) is 0.0243. The van der Waals surface area contributed by atoms with E-state index in [0.717, 1.165) is 103 Å². The monoisotopic (exact) mass is 1040 g/mol. The first-order chi connectivity index (χ1) is 35.2. The highest BCUT2D eigenvalue weighted by molar-refractivity contribution is 5.75. The second-order valence-electron chi connectivity index (χ2n) is 19.2. The van der Waals surface area contributed by atoms with Gasteiger partial charge in [-0.1, -0.05) is 97.8 Å². The molecule has 426 valence electrons. The summed E-state index contributed by atoms with van der Waals surface area (Å²) in [5, 5.41) is 32.4. The minimum atomic E-state index is -1.47. The largest absolute Gasteiger partial charge is 0.464 e. The van der Waals surface area contributed by atoms with Crippen LogP contribution in [0.4, 0.5) is 0 Å². The molecule has 1 fully saturated rings. The number of hydrogen-bond acceptors (Lipinski definition) is 18. The molecule has 0 amide bonds. The van der Waals surface area contributed by atoms with Gasteiger partial charge in [0.15, 0.2) is 18.3 Å². The maximum absolute atomic E-state index is 12.9. The molecule has 0 spiro atoms. The van der Waals surface area contributed by atoms with Crippen LogP contribution in [0.2, 0.25) is 0 Å². The molecule has 0 aromatic rings. The molecule has 1 saturated heterocycles. The molecule has 3 unspecified atom stereocenters. The average Bonchev–Trinajstić information content (AvgIpc) is 3.38. The van der Waals surface area contributed by atoms with Crippen molar-refractivity contribution < 1.29 is 72.3 Å². The van der Waals surface area contributed by atoms with Crippen LogP contribution >= 0.6 is 0 Å². The van der Waals surface area contributed by atoms with Crippen LogP contribution in [0.15, 0.2) is 0 Å². The highest BCUT2D eigenvalue weighted by Crippen LogP contribution is 2.10. The van der Waals surface area contributed by atoms with Gasteiger partial charge >= 0.3 is 17.9 Å². The molecular weight excluding hydrogens is 931 g/mol. The summed E-state index contributed by atoms with van der Waals surface area (Å²) in [4.78, 5) is 44.1. The number of unbranched alkanes of at least 4 members (excludes halogenated alkanes) is 18. The third-order valence-corrected chi connectivity index (χ3v) is 12.5. The topological polar surface area (TPSA) is 205 Å². The molecule has 3 N–H and O–H groups in total. The Balaban J connectivity index is 2.44. The van der Waals surface area contributed by atoms with Gasteiger partial charge in [-0.15, -0.1) is 0 Å². The Labute approximate surface area is 435 Å². The van der Waals surface area contributed by atoms with E-state index in [1.807, 2.05) is 4.90 Å². The van der Waals surface area contributed by atoms with Crippen molar-refractivity contribution in [3.63, 3.8) is 0 Å². The van der Waals surface area contributed by atoms with Crippen LogP contribution in [0.25, 0.3) is 0 Å². The number of ether oxygens (including phenoxy) is 9. The summed E-state index contributed by atoms with van der Waals surface area (Å²) < 4.78 is 49.3. The normalized spacial score (nSPS) is 14.7. The van der Waals surface area contributed by atoms with E-state index in [2.05, 4.69) is 25.7 Å². The lowest BCUT2D eigenvalue weighted by Crippen LogP contribution is -2.52. The lowest BCUT2D eigenvalue weighted by molar-refractivity contribution is -0.157. The number of rotatable bonds is 54. The van der Waals surface area contributed by atoms with Crippen molar-refractivity contribution in [3.05, 3.63) is 0 Å². The zero-order chi connectivity index (χ0) is 52.4. The maximum atomic E-state index is 12.9. The van der Waals surface area contributed by atoms with Crippen LogP contribution in [0.1, 0.15) is 175 Å². The second-order valence-corrected chi connectivity index (χ2v) is 19.2. The van der Waals surface area contributed by atoms with E-state index in [1.54, 1.807) is 4.90 Å². The van der Waals surface area contributed by atoms with Gasteiger partial charge in [-0.2, -0.15) is 0 Å². The van der Waals surface area contributed by atoms with Crippen molar-refractivity contribution in [1.29, 1.82) is 0 Å². The molecule has 0 aliphatic carbocycles. The molecule has 3 atom stereocenters. The minimum Gasteiger partial charge on any atom is -0.464 e. The molecule has 0 aromatic carbocycles. The van der Waals surface area contributed by atoms with Crippen LogP contribution in [0, 0.1) is 0 Å². The van der Waals surface area contributed by atoms with Crippen LogP contribution in [-0.4, -0.2) is 205 Å². The van der Waals surface area contributed by atoms with Crippen molar-refractivity contribution in [2.24, 2.45) is 0 Å². The van der Waals surface area contributed by atoms with Gasteiger partial charge in [-0.3, -0.25) is 14.7 Å². The maximum Gasteiger partial charge on any atom is 0.336 e. The van der Waals surface area contributed by atoms with Crippen LogP contribution in [-0.2, 0) is 57.0 Å². The Morgan fingerprint density at radius 2 is 0.667 bits per heavy atom. The standard InChI is InChI=1S/C54H105N3O15/c1-4-7-10-19-34-64-46-67-37-22-13-16-25-40-70-52(61)49(58)43-56-31-28-55(29-32-56)30-33-57(44-50(59)53(62)71-41-26-17-14-23-38-68-47-65-35-20-11-8-5-2)45-51(60)54(63)72-42-27-18-15-24-39-69-48-66-36-21-12-9-6-3/h49-51,58-60H,4-48H2,1-3H3. The number of esters is 3. The Hall–Kier alpha value is -2.07. The van der Waals surface area contributed by atoms with Gasteiger partial charge in [0, 0.05) is 98.5 Å². The predicted octanol–water partition coefficient (Wildman–Crippen LogP) is 7.01. The highest BCUT2D eigenvalue weighted by Gasteiger charge is 2.28. The summed E-state index contributed by atoms with van der Waals surface area (Å²) in [5.74, 6) is -2.12. The number of hydrogen-bond donors (Lipinski definition) is 3. The van der Waals surface area contributed by atoms with Crippen molar-refractivity contribution >= 4 is 17.9 Å². The Bertz CT molecular complexity index is 1170. The Morgan fingerprint density at radius 1 is 0.389 bits per heavy atom. The Kier molecular flexibility index (Phi) is 48.2. The summed E-state index contributed by atoms with van der Waals surface area (Å²) in [5.41, 5.74) is 0. The fourth-order valence-corrected chi connectivity index (χ4v) is 7.90. The van der Waals surface area contributed by atoms with E-state index in [0.29, 0.717) is 92.3 Å². The zero-order valence-electron chi connectivity index (χ0n) is 45.6. The summed E-state index contributed by atoms with van der Waals surface area (Å²) in [6.07, 6.45) is 19.9. The third-order valence-electron chi connectivity index (χ3n) is 12.5. The molecule has 0 bridgehead atoms. The van der Waals surface area contributed by atoms with Crippen LogP contribution in [0.5, 0.6) is 0 Å². The minimum absolute atomic E-state index is 0.134. The fourth-order valence-electron chi connectivity index (χ4n) is 7.90. The lowest BCUT2D eigenvalue weighted by Gasteiger charge is -2.36. The zero-order valence-corrected chi connectivity index (χ0v) is 45.6. The van der Waals surface area contributed by atoms with E-state index in [9.17, 15) is 29.7 Å². The molecule has 0 radical (unpaired) electrons. The Morgan fingerprint density at radius 3 is 0.986 bits per heavy atom. The second kappa shape index (κ2) is 51.1. The van der Waals surface area contributed by atoms with Crippen molar-refractivity contribution in [3.8, 4) is 0 Å². The van der Waals surface area contributed by atoms with Gasteiger partial charge < -0.3 is 58.0 Å². The van der Waals surface area contributed by atoms with Gasteiger partial charge in [-0.05, 0) is 77.0 Å². The smallest absolute Gasteiger partial charge is 0.336 e. The van der Waals surface area contributed by atoms with Gasteiger partial charge in [0.1, 0.15) is 20.4 Å². The van der Waals surface area contributed by atoms with E-state index >= 15 is 0 Å². The molecule has 0 saturated carbocycles. The van der Waals surface area contributed by atoms with E-state index in [4.69, 9.17) is 42.6 Å². The molecule has 18 heteroatoms. The molecule has 72 heavy (non-hydrogen) atoms. The number of piperazine rings is 1. The highest BCUT2D eigenvalue weighted by atomic mass is 16.7. The number of nitrogens with zero attached hydrogens (tertiary/aromatic N) is 3. The molecular formula is C54H105N3O15. The summed E-state index contributed by atoms with van der Waals surface area (Å²) in [7, 11) is 0. The van der Waals surface area contributed by atoms with Crippen molar-refractivity contribution in [2.75, 3.05) is 139 Å². The summed E-state index contributed by atoms with van der Waals surface area (Å²) >= 11 is 0. The predicted molar refractivity (Wildman–Crippen MR) is 278 cm³/mol. The number of carbonyl (C=O) groups excluding carboxylic acids is 3. The third kappa shape index (κ3) is 42.2. The van der Waals surface area contributed by atoms with Crippen molar-refractivity contribution in [1.82, 2.24) is 14.7 Å². The SMILES string of the molecule is CCCCCCOCOCCCCCCOC(=O)C(O)CN1CCN(CCN(CC(O)C(=O)OCCCCCCOCOCCCCCC)CC(O)C(=O)OCCCCCCOCOCCCCCC)CC1. The number of β-amino-alcohol motifs (C(OH)–C–C–N with tert-alkyl or cyclic N) is 1. The van der Waals surface area contributed by atoms with E-state index < -0.39 is 36.2 Å². The molecule has 1 aliphatic heterocycles. The van der Waals surface area contributed by atoms with Crippen LogP contribution in [0.3, 0.4) is 0 Å². The molecule has 1 heterocycles. The van der Waals surface area contributed by atoms with Gasteiger partial charge in [0.2, 0.25) is 0 Å². The van der Waals surface area contributed by atoms with E-state index in [1.165, 1.54) is 57.8 Å². The van der Waals surface area contributed by atoms with Gasteiger partial charge in [0.05, 0.1) is 19.8 Å². The van der Waals surface area contributed by atoms with E-state index in [-0.39, 0.29) is 39.5 Å². The molecule has 18 nitrogen and oxygen atoms in total. The average molecular weight is 1040 g/mol. The number of aliphatic hydroxyl groups excluding tert-OH is 3. The molecule has 1 rings (SSSR count). The summed E-state index contributed by atoms with van der Waals surface area (Å²) in [6, 6.07) is 0. The van der Waals surface area contributed by atoms with Crippen molar-refractivity contribution in [2.45, 2.75) is 193 Å². The van der Waals surface area contributed by atoms with Gasteiger partial charge in [0.25, 0.3) is 0 Å². The summed E-state index contributed by atoms with van der Waals surface area (Å²) in [6.45, 7) is 15.5. The lowest BCUT2D eigenvalue weighted by atomic mass is 10.2. The molecule has 1 aliphatic rings. The van der Waals surface area contributed by atoms with Crippen LogP contribution < -0.4 is 0 Å². The fraction of sp³-hybridized carbons (Fsp3) is 0.944. The first-order valence-corrected chi connectivity index (χ1v) is 28.4. The number of aliphatic hydroxyl groups is 3. The number of carbonyl (C=O) groups is 3. The first kappa shape index (κ1) is 67.9. The van der Waals surface area contributed by atoms with Gasteiger partial charge in [-0.25, -0.2) is 14.4 Å². The first-order valence-electron chi connectivity index (χ1n) is 28.4. The molecule has 0 aromatic heterocycles.